The summed E-state index contributed by atoms with van der Waals surface area (Å²) in [6, 6.07) is 4.65. The molecule has 4 heteroatoms. The second kappa shape index (κ2) is 3.84. The normalized spacial score (nSPS) is 15.3. The quantitative estimate of drug-likeness (QED) is 0.835. The van der Waals surface area contributed by atoms with Gasteiger partial charge in [0.05, 0.1) is 0 Å². The summed E-state index contributed by atoms with van der Waals surface area (Å²) >= 11 is 1.99. The summed E-state index contributed by atoms with van der Waals surface area (Å²) in [5.41, 5.74) is 0.404. The van der Waals surface area contributed by atoms with Gasteiger partial charge in [0, 0.05) is 15.2 Å². The lowest BCUT2D eigenvalue weighted by atomic mass is 10.2. The number of nitrogens with one attached hydrogen (secondary N) is 1. The Bertz CT molecular complexity index is 356. The van der Waals surface area contributed by atoms with Gasteiger partial charge in [-0.3, -0.25) is 4.79 Å². The highest BCUT2D eigenvalue weighted by atomic mass is 127. The molecule has 14 heavy (non-hydrogen) atoms. The van der Waals surface area contributed by atoms with Gasteiger partial charge < -0.3 is 5.32 Å². The second-order valence-electron chi connectivity index (χ2n) is 3.41. The molecular weight excluding hydrogens is 296 g/mol. The molecule has 0 radical (unpaired) electrons. The van der Waals surface area contributed by atoms with E-state index in [1.54, 1.807) is 6.07 Å². The summed E-state index contributed by atoms with van der Waals surface area (Å²) in [5, 5.41) is 2.82. The molecule has 2 rings (SSSR count). The van der Waals surface area contributed by atoms with Crippen LogP contribution >= 0.6 is 22.6 Å². The first kappa shape index (κ1) is 9.89. The van der Waals surface area contributed by atoms with Gasteiger partial charge in [-0.25, -0.2) is 4.39 Å². The van der Waals surface area contributed by atoms with E-state index in [4.69, 9.17) is 0 Å². The first-order chi connectivity index (χ1) is 6.65. The van der Waals surface area contributed by atoms with Crippen molar-refractivity contribution in [1.29, 1.82) is 0 Å². The third-order valence-electron chi connectivity index (χ3n) is 2.04. The zero-order valence-corrected chi connectivity index (χ0v) is 9.55. The molecule has 0 saturated heterocycles. The Balaban J connectivity index is 2.17. The Morgan fingerprint density at radius 1 is 1.43 bits per heavy atom. The van der Waals surface area contributed by atoms with Gasteiger partial charge in [-0.2, -0.15) is 0 Å². The largest absolute Gasteiger partial charge is 0.349 e. The number of carbonyl (C=O) groups is 1. The first-order valence-corrected chi connectivity index (χ1v) is 5.50. The fourth-order valence-corrected chi connectivity index (χ4v) is 1.81. The van der Waals surface area contributed by atoms with Crippen LogP contribution in [-0.2, 0) is 0 Å². The van der Waals surface area contributed by atoms with Crippen molar-refractivity contribution >= 4 is 28.5 Å². The van der Waals surface area contributed by atoms with Gasteiger partial charge in [0.15, 0.2) is 0 Å². The van der Waals surface area contributed by atoms with Crippen LogP contribution in [0.25, 0.3) is 0 Å². The molecule has 74 valence electrons. The summed E-state index contributed by atoms with van der Waals surface area (Å²) in [7, 11) is 0. The summed E-state index contributed by atoms with van der Waals surface area (Å²) < 4.78 is 13.7. The van der Waals surface area contributed by atoms with Gasteiger partial charge in [-0.05, 0) is 53.6 Å². The maximum absolute atomic E-state index is 13.0. The van der Waals surface area contributed by atoms with Crippen LogP contribution in [0.1, 0.15) is 23.2 Å². The molecule has 1 aliphatic rings. The molecule has 1 amide bonds. The monoisotopic (exact) mass is 305 g/mol. The predicted octanol–water partition coefficient (Wildman–Crippen LogP) is 2.32. The van der Waals surface area contributed by atoms with E-state index in [0.717, 1.165) is 16.4 Å². The van der Waals surface area contributed by atoms with E-state index in [-0.39, 0.29) is 11.7 Å². The van der Waals surface area contributed by atoms with Gasteiger partial charge >= 0.3 is 0 Å². The number of hydrogen-bond donors (Lipinski definition) is 1. The average molecular weight is 305 g/mol. The number of carbonyl (C=O) groups excluding carboxylic acids is 1. The molecule has 1 aromatic rings. The number of amides is 1. The highest BCUT2D eigenvalue weighted by Crippen LogP contribution is 2.20. The summed E-state index contributed by atoms with van der Waals surface area (Å²) in [6.07, 6.45) is 2.08. The van der Waals surface area contributed by atoms with E-state index < -0.39 is 0 Å². The molecule has 0 aromatic heterocycles. The number of halogens is 2. The van der Waals surface area contributed by atoms with Crippen molar-refractivity contribution in [1.82, 2.24) is 5.32 Å². The van der Waals surface area contributed by atoms with Crippen LogP contribution in [0.3, 0.4) is 0 Å². The molecule has 1 aliphatic carbocycles. The summed E-state index contributed by atoms with van der Waals surface area (Å²) in [6.45, 7) is 0. The zero-order valence-electron chi connectivity index (χ0n) is 7.39. The Hall–Kier alpha value is -0.650. The lowest BCUT2D eigenvalue weighted by Crippen LogP contribution is -2.25. The van der Waals surface area contributed by atoms with E-state index >= 15 is 0 Å². The summed E-state index contributed by atoms with van der Waals surface area (Å²) in [5.74, 6) is -0.539. The van der Waals surface area contributed by atoms with Gasteiger partial charge in [0.25, 0.3) is 5.91 Å². The van der Waals surface area contributed by atoms with Crippen LogP contribution in [0.2, 0.25) is 0 Å². The number of benzene rings is 1. The minimum absolute atomic E-state index is 0.176. The Labute approximate surface area is 95.0 Å². The van der Waals surface area contributed by atoms with E-state index in [0.29, 0.717) is 11.6 Å². The third-order valence-corrected chi connectivity index (χ3v) is 2.66. The molecule has 0 unspecified atom stereocenters. The van der Waals surface area contributed by atoms with Crippen molar-refractivity contribution in [2.24, 2.45) is 0 Å². The van der Waals surface area contributed by atoms with Gasteiger partial charge in [0.1, 0.15) is 5.82 Å². The highest BCUT2D eigenvalue weighted by Gasteiger charge is 2.23. The molecule has 0 spiro atoms. The van der Waals surface area contributed by atoms with Gasteiger partial charge in [0.2, 0.25) is 0 Å². The lowest BCUT2D eigenvalue weighted by molar-refractivity contribution is 0.0950. The fourth-order valence-electron chi connectivity index (χ4n) is 1.18. The predicted molar refractivity (Wildman–Crippen MR) is 59.6 cm³/mol. The van der Waals surface area contributed by atoms with Gasteiger partial charge in [-0.1, -0.05) is 0 Å². The maximum atomic E-state index is 13.0. The van der Waals surface area contributed by atoms with Crippen LogP contribution < -0.4 is 5.32 Å². The highest BCUT2D eigenvalue weighted by molar-refractivity contribution is 14.1. The van der Waals surface area contributed by atoms with Gasteiger partial charge in [-0.15, -0.1) is 0 Å². The van der Waals surface area contributed by atoms with E-state index in [9.17, 15) is 9.18 Å². The topological polar surface area (TPSA) is 29.1 Å². The standard InChI is InChI=1S/C10H9FINO/c11-7-3-6(4-8(12)5-7)10(14)13-9-1-2-9/h3-5,9H,1-2H2,(H,13,14). The number of hydrogen-bond acceptors (Lipinski definition) is 1. The molecule has 0 atom stereocenters. The molecule has 1 N–H and O–H groups in total. The van der Waals surface area contributed by atoms with E-state index in [1.165, 1.54) is 12.1 Å². The van der Waals surface area contributed by atoms with Crippen LogP contribution in [0.4, 0.5) is 4.39 Å². The summed E-state index contributed by atoms with van der Waals surface area (Å²) in [4.78, 5) is 11.5. The first-order valence-electron chi connectivity index (χ1n) is 4.42. The maximum Gasteiger partial charge on any atom is 0.251 e. The Morgan fingerprint density at radius 2 is 2.14 bits per heavy atom. The molecule has 1 aromatic carbocycles. The Morgan fingerprint density at radius 3 is 2.71 bits per heavy atom. The van der Waals surface area contributed by atoms with Crippen LogP contribution in [-0.4, -0.2) is 11.9 Å². The van der Waals surface area contributed by atoms with Crippen molar-refractivity contribution in [3.8, 4) is 0 Å². The molecule has 1 fully saturated rings. The van der Waals surface area contributed by atoms with Crippen molar-refractivity contribution in [2.75, 3.05) is 0 Å². The van der Waals surface area contributed by atoms with Crippen molar-refractivity contribution in [2.45, 2.75) is 18.9 Å². The molecule has 0 aliphatic heterocycles. The Kier molecular flexibility index (Phi) is 2.71. The zero-order chi connectivity index (χ0) is 10.1. The van der Waals surface area contributed by atoms with Crippen molar-refractivity contribution < 1.29 is 9.18 Å². The molecule has 1 saturated carbocycles. The lowest BCUT2D eigenvalue weighted by Gasteiger charge is -2.03. The van der Waals surface area contributed by atoms with Crippen LogP contribution in [0.5, 0.6) is 0 Å². The second-order valence-corrected chi connectivity index (χ2v) is 4.65. The molecule has 0 heterocycles. The van der Waals surface area contributed by atoms with Crippen molar-refractivity contribution in [3.05, 3.63) is 33.1 Å². The molecule has 0 bridgehead atoms. The van der Waals surface area contributed by atoms with Crippen LogP contribution in [0, 0.1) is 9.39 Å². The minimum atomic E-state index is -0.363. The SMILES string of the molecule is O=C(NC1CC1)c1cc(F)cc(I)c1. The molecular formula is C10H9FINO. The average Bonchev–Trinajstić information content (AvgIpc) is 2.86. The van der Waals surface area contributed by atoms with E-state index in [2.05, 4.69) is 5.32 Å². The molecule has 2 nitrogen and oxygen atoms in total. The smallest absolute Gasteiger partial charge is 0.251 e. The van der Waals surface area contributed by atoms with E-state index in [1.807, 2.05) is 22.6 Å². The van der Waals surface area contributed by atoms with Crippen molar-refractivity contribution in [3.63, 3.8) is 0 Å². The fraction of sp³-hybridized carbons (Fsp3) is 0.300. The third kappa shape index (κ3) is 2.43. The number of rotatable bonds is 2. The minimum Gasteiger partial charge on any atom is -0.349 e. The van der Waals surface area contributed by atoms with Crippen LogP contribution in [0.15, 0.2) is 18.2 Å².